The standard InChI is InChI=1S/C11H16ClNS/c1-9-11(12)5-2-6-13(9)8-10-4-3-7-14-10/h3-4,7,9,11H,2,5-6,8H2,1H3. The Hall–Kier alpha value is -0.0500. The quantitative estimate of drug-likeness (QED) is 0.704. The lowest BCUT2D eigenvalue weighted by Crippen LogP contribution is -2.43. The third kappa shape index (κ3) is 2.30. The lowest BCUT2D eigenvalue weighted by Gasteiger charge is -2.36. The van der Waals surface area contributed by atoms with Crippen LogP contribution >= 0.6 is 22.9 Å². The van der Waals surface area contributed by atoms with Crippen LogP contribution < -0.4 is 0 Å². The highest BCUT2D eigenvalue weighted by atomic mass is 35.5. The van der Waals surface area contributed by atoms with E-state index in [0.717, 1.165) is 6.54 Å². The van der Waals surface area contributed by atoms with Crippen molar-refractivity contribution in [3.63, 3.8) is 0 Å². The van der Waals surface area contributed by atoms with E-state index < -0.39 is 0 Å². The van der Waals surface area contributed by atoms with Gasteiger partial charge in [0, 0.05) is 22.8 Å². The first-order chi connectivity index (χ1) is 6.77. The molecular formula is C11H16ClNS. The van der Waals surface area contributed by atoms with Crippen molar-refractivity contribution in [2.75, 3.05) is 6.54 Å². The fraction of sp³-hybridized carbons (Fsp3) is 0.636. The summed E-state index contributed by atoms with van der Waals surface area (Å²) in [5, 5.41) is 2.48. The van der Waals surface area contributed by atoms with Gasteiger partial charge in [-0.15, -0.1) is 22.9 Å². The molecule has 1 saturated heterocycles. The summed E-state index contributed by atoms with van der Waals surface area (Å²) >= 11 is 8.10. The Balaban J connectivity index is 1.97. The summed E-state index contributed by atoms with van der Waals surface area (Å²) in [5.41, 5.74) is 0. The van der Waals surface area contributed by atoms with Crippen molar-refractivity contribution in [2.45, 2.75) is 37.7 Å². The molecule has 1 nitrogen and oxygen atoms in total. The van der Waals surface area contributed by atoms with Crippen LogP contribution in [0, 0.1) is 0 Å². The second-order valence-electron chi connectivity index (χ2n) is 3.95. The smallest absolute Gasteiger partial charge is 0.0489 e. The molecule has 0 spiro atoms. The zero-order valence-electron chi connectivity index (χ0n) is 8.45. The normalized spacial score (nSPS) is 29.3. The van der Waals surface area contributed by atoms with Crippen molar-refractivity contribution in [1.29, 1.82) is 0 Å². The number of rotatable bonds is 2. The van der Waals surface area contributed by atoms with Crippen LogP contribution in [0.4, 0.5) is 0 Å². The van der Waals surface area contributed by atoms with Crippen LogP contribution in [0.2, 0.25) is 0 Å². The second-order valence-corrected chi connectivity index (χ2v) is 5.54. The van der Waals surface area contributed by atoms with Gasteiger partial charge < -0.3 is 0 Å². The monoisotopic (exact) mass is 229 g/mol. The van der Waals surface area contributed by atoms with E-state index in [0.29, 0.717) is 11.4 Å². The Morgan fingerprint density at radius 3 is 3.21 bits per heavy atom. The number of thiophene rings is 1. The van der Waals surface area contributed by atoms with E-state index in [-0.39, 0.29) is 0 Å². The van der Waals surface area contributed by atoms with Gasteiger partial charge in [-0.05, 0) is 37.8 Å². The Morgan fingerprint density at radius 2 is 2.50 bits per heavy atom. The first-order valence-corrected chi connectivity index (χ1v) is 6.49. The molecule has 2 unspecified atom stereocenters. The molecule has 0 bridgehead atoms. The van der Waals surface area contributed by atoms with E-state index in [1.165, 1.54) is 24.3 Å². The Morgan fingerprint density at radius 1 is 1.64 bits per heavy atom. The second kappa shape index (κ2) is 4.65. The number of nitrogens with zero attached hydrogens (tertiary/aromatic N) is 1. The third-order valence-corrected chi connectivity index (χ3v) is 4.41. The molecule has 0 saturated carbocycles. The van der Waals surface area contributed by atoms with Gasteiger partial charge in [0.1, 0.15) is 0 Å². The van der Waals surface area contributed by atoms with Crippen LogP contribution in [0.25, 0.3) is 0 Å². The highest BCUT2D eigenvalue weighted by Crippen LogP contribution is 2.24. The topological polar surface area (TPSA) is 3.24 Å². The van der Waals surface area contributed by atoms with Crippen LogP contribution in [0.5, 0.6) is 0 Å². The minimum Gasteiger partial charge on any atom is -0.294 e. The number of alkyl halides is 1. The maximum absolute atomic E-state index is 6.26. The highest BCUT2D eigenvalue weighted by molar-refractivity contribution is 7.09. The van der Waals surface area contributed by atoms with Gasteiger partial charge in [-0.1, -0.05) is 6.07 Å². The molecule has 1 aliphatic heterocycles. The minimum atomic E-state index is 0.337. The predicted octanol–water partition coefficient (Wildman–Crippen LogP) is 3.34. The first-order valence-electron chi connectivity index (χ1n) is 5.18. The summed E-state index contributed by atoms with van der Waals surface area (Å²) in [6.07, 6.45) is 2.41. The van der Waals surface area contributed by atoms with E-state index in [1.54, 1.807) is 0 Å². The lowest BCUT2D eigenvalue weighted by atomic mass is 10.0. The number of halogens is 1. The van der Waals surface area contributed by atoms with Gasteiger partial charge >= 0.3 is 0 Å². The molecule has 78 valence electrons. The largest absolute Gasteiger partial charge is 0.294 e. The fourth-order valence-electron chi connectivity index (χ4n) is 1.99. The van der Waals surface area contributed by atoms with Crippen molar-refractivity contribution < 1.29 is 0 Å². The molecular weight excluding hydrogens is 214 g/mol. The van der Waals surface area contributed by atoms with Crippen LogP contribution in [-0.4, -0.2) is 22.9 Å². The molecule has 3 heteroatoms. The van der Waals surface area contributed by atoms with Crippen LogP contribution in [0.3, 0.4) is 0 Å². The first kappa shape index (κ1) is 10.5. The number of likely N-dealkylation sites (tertiary alicyclic amines) is 1. The summed E-state index contributed by atoms with van der Waals surface area (Å²) in [7, 11) is 0. The van der Waals surface area contributed by atoms with Gasteiger partial charge in [0.15, 0.2) is 0 Å². The van der Waals surface area contributed by atoms with Crippen molar-refractivity contribution >= 4 is 22.9 Å². The van der Waals surface area contributed by atoms with Gasteiger partial charge in [-0.2, -0.15) is 0 Å². The zero-order chi connectivity index (χ0) is 9.97. The maximum Gasteiger partial charge on any atom is 0.0489 e. The summed E-state index contributed by atoms with van der Waals surface area (Å²) in [5.74, 6) is 0. The van der Waals surface area contributed by atoms with E-state index in [2.05, 4.69) is 29.3 Å². The SMILES string of the molecule is CC1C(Cl)CCCN1Cc1cccs1. The van der Waals surface area contributed by atoms with Crippen LogP contribution in [0.15, 0.2) is 17.5 Å². The predicted molar refractivity (Wildman–Crippen MR) is 63.1 cm³/mol. The molecule has 1 aromatic heterocycles. The van der Waals surface area contributed by atoms with Gasteiger partial charge in [0.25, 0.3) is 0 Å². The molecule has 0 aliphatic carbocycles. The highest BCUT2D eigenvalue weighted by Gasteiger charge is 2.26. The molecule has 0 amide bonds. The van der Waals surface area contributed by atoms with Crippen LogP contribution in [-0.2, 0) is 6.54 Å². The number of hydrogen-bond donors (Lipinski definition) is 0. The van der Waals surface area contributed by atoms with Gasteiger partial charge in [0.2, 0.25) is 0 Å². The molecule has 2 rings (SSSR count). The molecule has 2 heterocycles. The molecule has 2 atom stereocenters. The van der Waals surface area contributed by atoms with E-state index in [9.17, 15) is 0 Å². The van der Waals surface area contributed by atoms with E-state index in [4.69, 9.17) is 11.6 Å². The Bertz CT molecular complexity index is 273. The molecule has 0 radical (unpaired) electrons. The van der Waals surface area contributed by atoms with Crippen molar-refractivity contribution in [2.24, 2.45) is 0 Å². The Kier molecular flexibility index (Phi) is 3.47. The molecule has 0 aromatic carbocycles. The van der Waals surface area contributed by atoms with Crippen molar-refractivity contribution in [3.8, 4) is 0 Å². The van der Waals surface area contributed by atoms with Crippen LogP contribution in [0.1, 0.15) is 24.6 Å². The van der Waals surface area contributed by atoms with Crippen molar-refractivity contribution in [1.82, 2.24) is 4.90 Å². The summed E-state index contributed by atoms with van der Waals surface area (Å²) < 4.78 is 0. The average Bonchev–Trinajstić information content (AvgIpc) is 2.66. The Labute approximate surface area is 94.7 Å². The zero-order valence-corrected chi connectivity index (χ0v) is 10.0. The fourth-order valence-corrected chi connectivity index (χ4v) is 3.03. The minimum absolute atomic E-state index is 0.337. The molecule has 0 N–H and O–H groups in total. The number of hydrogen-bond acceptors (Lipinski definition) is 2. The average molecular weight is 230 g/mol. The van der Waals surface area contributed by atoms with E-state index in [1.807, 2.05) is 11.3 Å². The molecule has 1 aliphatic rings. The molecule has 1 fully saturated rings. The molecule has 1 aromatic rings. The van der Waals surface area contributed by atoms with Gasteiger partial charge in [-0.3, -0.25) is 4.90 Å². The third-order valence-electron chi connectivity index (χ3n) is 2.96. The lowest BCUT2D eigenvalue weighted by molar-refractivity contribution is 0.158. The van der Waals surface area contributed by atoms with E-state index >= 15 is 0 Å². The maximum atomic E-state index is 6.26. The summed E-state index contributed by atoms with van der Waals surface area (Å²) in [6, 6.07) is 4.84. The number of piperidine rings is 1. The van der Waals surface area contributed by atoms with Gasteiger partial charge in [-0.25, -0.2) is 0 Å². The molecule has 14 heavy (non-hydrogen) atoms. The van der Waals surface area contributed by atoms with Gasteiger partial charge in [0.05, 0.1) is 0 Å². The van der Waals surface area contributed by atoms with Crippen molar-refractivity contribution in [3.05, 3.63) is 22.4 Å². The summed E-state index contributed by atoms with van der Waals surface area (Å²) in [6.45, 7) is 4.51. The summed E-state index contributed by atoms with van der Waals surface area (Å²) in [4.78, 5) is 3.94.